The Bertz CT molecular complexity index is 472. The summed E-state index contributed by atoms with van der Waals surface area (Å²) in [5, 5.41) is 12.9. The summed E-state index contributed by atoms with van der Waals surface area (Å²) in [6.45, 7) is 1.87. The van der Waals surface area contributed by atoms with E-state index in [1.54, 1.807) is 13.2 Å². The van der Waals surface area contributed by atoms with E-state index in [2.05, 4.69) is 5.32 Å². The van der Waals surface area contributed by atoms with Gasteiger partial charge in [0.2, 0.25) is 0 Å². The number of methoxy groups -OCH3 is 1. The Balaban J connectivity index is 2.26. The summed E-state index contributed by atoms with van der Waals surface area (Å²) in [7, 11) is 1.54. The van der Waals surface area contributed by atoms with Gasteiger partial charge in [0.1, 0.15) is 11.8 Å². The quantitative estimate of drug-likeness (QED) is 0.863. The third-order valence-electron chi connectivity index (χ3n) is 3.15. The maximum atomic E-state index is 11.2. The first kappa shape index (κ1) is 13.0. The second-order valence-corrected chi connectivity index (χ2v) is 5.01. The molecule has 18 heavy (non-hydrogen) atoms. The minimum Gasteiger partial charge on any atom is -0.495 e. The number of anilines is 1. The van der Waals surface area contributed by atoms with Crippen LogP contribution in [0.2, 0.25) is 5.02 Å². The molecule has 2 N–H and O–H groups in total. The summed E-state index contributed by atoms with van der Waals surface area (Å²) in [6, 6.07) is 2.96. The summed E-state index contributed by atoms with van der Waals surface area (Å²) in [4.78, 5) is 11.2. The molecule has 0 saturated heterocycles. The van der Waals surface area contributed by atoms with Crippen LogP contribution in [0.5, 0.6) is 5.75 Å². The summed E-state index contributed by atoms with van der Waals surface area (Å²) in [5.74, 6) is -0.0483. The van der Waals surface area contributed by atoms with Gasteiger partial charge < -0.3 is 15.2 Å². The van der Waals surface area contributed by atoms with Gasteiger partial charge in [-0.3, -0.25) is 0 Å². The predicted molar refractivity (Wildman–Crippen MR) is 70.5 cm³/mol. The van der Waals surface area contributed by atoms with E-state index in [9.17, 15) is 9.90 Å². The molecule has 1 saturated carbocycles. The summed E-state index contributed by atoms with van der Waals surface area (Å²) < 4.78 is 5.22. The molecule has 0 aromatic heterocycles. The molecule has 1 unspecified atom stereocenters. The first-order valence-electron chi connectivity index (χ1n) is 5.86. The molecule has 1 aliphatic carbocycles. The van der Waals surface area contributed by atoms with Crippen LogP contribution in [0, 0.1) is 12.8 Å². The number of benzene rings is 1. The number of ether oxygens (including phenoxy) is 1. The van der Waals surface area contributed by atoms with Gasteiger partial charge in [-0.1, -0.05) is 11.6 Å². The molecule has 1 aromatic carbocycles. The normalized spacial score (nSPS) is 16.2. The van der Waals surface area contributed by atoms with Gasteiger partial charge in [-0.25, -0.2) is 4.79 Å². The van der Waals surface area contributed by atoms with Crippen LogP contribution >= 0.6 is 11.6 Å². The fourth-order valence-corrected chi connectivity index (χ4v) is 2.08. The molecule has 4 nitrogen and oxygen atoms in total. The molecule has 1 fully saturated rings. The number of halogens is 1. The first-order chi connectivity index (χ1) is 8.52. The number of nitrogens with one attached hydrogen (secondary N) is 1. The molecule has 0 aliphatic heterocycles. The van der Waals surface area contributed by atoms with Gasteiger partial charge in [0, 0.05) is 11.1 Å². The van der Waals surface area contributed by atoms with Crippen molar-refractivity contribution in [1.29, 1.82) is 0 Å². The third-order valence-corrected chi connectivity index (χ3v) is 3.56. The average molecular weight is 270 g/mol. The lowest BCUT2D eigenvalue weighted by molar-refractivity contribution is -0.138. The van der Waals surface area contributed by atoms with Crippen molar-refractivity contribution in [1.82, 2.24) is 0 Å². The van der Waals surface area contributed by atoms with Gasteiger partial charge >= 0.3 is 5.97 Å². The van der Waals surface area contributed by atoms with Crippen LogP contribution in [0.4, 0.5) is 5.69 Å². The standard InChI is InChI=1S/C13H16ClNO3/c1-7-5-10(11(18-2)6-9(7)14)15-12(13(16)17)8-3-4-8/h5-6,8,12,15H,3-4H2,1-2H3,(H,16,17). The van der Waals surface area contributed by atoms with E-state index >= 15 is 0 Å². The van der Waals surface area contributed by atoms with Crippen molar-refractivity contribution in [2.75, 3.05) is 12.4 Å². The lowest BCUT2D eigenvalue weighted by Gasteiger charge is -2.18. The molecule has 0 heterocycles. The molecular formula is C13H16ClNO3. The highest BCUT2D eigenvalue weighted by Crippen LogP contribution is 2.37. The maximum absolute atomic E-state index is 11.2. The zero-order valence-corrected chi connectivity index (χ0v) is 11.1. The number of carboxylic acid groups (broad SMARTS) is 1. The number of hydrogen-bond acceptors (Lipinski definition) is 3. The van der Waals surface area contributed by atoms with Crippen molar-refractivity contribution in [3.63, 3.8) is 0 Å². The van der Waals surface area contributed by atoms with Crippen molar-refractivity contribution in [2.45, 2.75) is 25.8 Å². The van der Waals surface area contributed by atoms with E-state index in [-0.39, 0.29) is 5.92 Å². The molecular weight excluding hydrogens is 254 g/mol. The van der Waals surface area contributed by atoms with Crippen molar-refractivity contribution < 1.29 is 14.6 Å². The fourth-order valence-electron chi connectivity index (χ4n) is 1.92. The van der Waals surface area contributed by atoms with Gasteiger partial charge in [0.25, 0.3) is 0 Å². The summed E-state index contributed by atoms with van der Waals surface area (Å²) in [6.07, 6.45) is 1.91. The Hall–Kier alpha value is -1.42. The highest BCUT2D eigenvalue weighted by atomic mass is 35.5. The minimum absolute atomic E-state index is 0.211. The molecule has 1 atom stereocenters. The van der Waals surface area contributed by atoms with E-state index in [1.165, 1.54) is 0 Å². The number of aliphatic carboxylic acids is 1. The van der Waals surface area contributed by atoms with Gasteiger partial charge in [-0.15, -0.1) is 0 Å². The highest BCUT2D eigenvalue weighted by Gasteiger charge is 2.36. The van der Waals surface area contributed by atoms with Crippen LogP contribution in [0.1, 0.15) is 18.4 Å². The second-order valence-electron chi connectivity index (χ2n) is 4.60. The number of carbonyl (C=O) groups is 1. The summed E-state index contributed by atoms with van der Waals surface area (Å²) >= 11 is 6.01. The largest absolute Gasteiger partial charge is 0.495 e. The Labute approximate surface area is 111 Å². The average Bonchev–Trinajstić information content (AvgIpc) is 3.13. The van der Waals surface area contributed by atoms with Crippen LogP contribution in [0.15, 0.2) is 12.1 Å². The van der Waals surface area contributed by atoms with Crippen LogP contribution in [0.25, 0.3) is 0 Å². The van der Waals surface area contributed by atoms with Crippen molar-refractivity contribution >= 4 is 23.3 Å². The monoisotopic (exact) mass is 269 g/mol. The zero-order chi connectivity index (χ0) is 13.3. The van der Waals surface area contributed by atoms with Crippen LogP contribution in [-0.2, 0) is 4.79 Å². The Morgan fingerprint density at radius 1 is 1.56 bits per heavy atom. The van der Waals surface area contributed by atoms with Crippen molar-refractivity contribution in [3.8, 4) is 5.75 Å². The van der Waals surface area contributed by atoms with Crippen molar-refractivity contribution in [3.05, 3.63) is 22.7 Å². The maximum Gasteiger partial charge on any atom is 0.326 e. The lowest BCUT2D eigenvalue weighted by Crippen LogP contribution is -2.31. The van der Waals surface area contributed by atoms with Crippen LogP contribution in [-0.4, -0.2) is 24.2 Å². The van der Waals surface area contributed by atoms with Gasteiger partial charge in [0.05, 0.1) is 12.8 Å². The first-order valence-corrected chi connectivity index (χ1v) is 6.24. The molecule has 2 rings (SSSR count). The lowest BCUT2D eigenvalue weighted by atomic mass is 10.1. The van der Waals surface area contributed by atoms with E-state index in [1.807, 2.05) is 13.0 Å². The van der Waals surface area contributed by atoms with Crippen molar-refractivity contribution in [2.24, 2.45) is 5.92 Å². The molecule has 1 aliphatic rings. The molecule has 0 radical (unpaired) electrons. The molecule has 1 aromatic rings. The molecule has 0 bridgehead atoms. The molecule has 5 heteroatoms. The van der Waals surface area contributed by atoms with Crippen LogP contribution < -0.4 is 10.1 Å². The Kier molecular flexibility index (Phi) is 3.66. The number of aryl methyl sites for hydroxylation is 1. The molecule has 0 amide bonds. The third kappa shape index (κ3) is 2.70. The molecule has 98 valence electrons. The van der Waals surface area contributed by atoms with Gasteiger partial charge in [-0.2, -0.15) is 0 Å². The Morgan fingerprint density at radius 2 is 2.22 bits per heavy atom. The van der Waals surface area contributed by atoms with E-state index in [0.717, 1.165) is 18.4 Å². The van der Waals surface area contributed by atoms with E-state index in [0.29, 0.717) is 16.5 Å². The smallest absolute Gasteiger partial charge is 0.326 e. The SMILES string of the molecule is COc1cc(Cl)c(C)cc1NC(C(=O)O)C1CC1. The second kappa shape index (κ2) is 5.06. The van der Waals surface area contributed by atoms with Gasteiger partial charge in [0.15, 0.2) is 0 Å². The van der Waals surface area contributed by atoms with E-state index < -0.39 is 12.0 Å². The zero-order valence-electron chi connectivity index (χ0n) is 10.4. The molecule has 0 spiro atoms. The van der Waals surface area contributed by atoms with E-state index in [4.69, 9.17) is 16.3 Å². The summed E-state index contributed by atoms with van der Waals surface area (Å²) in [5.41, 5.74) is 1.57. The minimum atomic E-state index is -0.827. The number of hydrogen-bond donors (Lipinski definition) is 2. The number of rotatable bonds is 5. The predicted octanol–water partition coefficient (Wildman–Crippen LogP) is 2.93. The Morgan fingerprint density at radius 3 is 2.72 bits per heavy atom. The van der Waals surface area contributed by atoms with Gasteiger partial charge in [-0.05, 0) is 37.3 Å². The van der Waals surface area contributed by atoms with Crippen LogP contribution in [0.3, 0.4) is 0 Å². The fraction of sp³-hybridized carbons (Fsp3) is 0.462. The number of carboxylic acids is 1. The highest BCUT2D eigenvalue weighted by molar-refractivity contribution is 6.31. The topological polar surface area (TPSA) is 58.6 Å².